The standard InChI is InChI=1S/C9H19N/c1-7(2)9(8(3)10)5-4-6-9/h7-8H,4-6,10H2,1-3H3. The molecule has 0 spiro atoms. The van der Waals surface area contributed by atoms with Crippen molar-refractivity contribution < 1.29 is 0 Å². The van der Waals surface area contributed by atoms with E-state index in [1.807, 2.05) is 0 Å². The van der Waals surface area contributed by atoms with Gasteiger partial charge >= 0.3 is 0 Å². The molecule has 0 saturated heterocycles. The molecule has 1 fully saturated rings. The quantitative estimate of drug-likeness (QED) is 0.626. The van der Waals surface area contributed by atoms with Crippen LogP contribution in [0.5, 0.6) is 0 Å². The molecule has 1 aliphatic rings. The molecule has 0 aromatic carbocycles. The number of rotatable bonds is 2. The summed E-state index contributed by atoms with van der Waals surface area (Å²) in [6.07, 6.45) is 4.09. The first-order valence-corrected chi connectivity index (χ1v) is 4.35. The molecule has 1 aliphatic carbocycles. The van der Waals surface area contributed by atoms with Crippen LogP contribution < -0.4 is 5.73 Å². The minimum Gasteiger partial charge on any atom is -0.327 e. The lowest BCUT2D eigenvalue weighted by Crippen LogP contribution is -2.48. The molecule has 0 radical (unpaired) electrons. The molecule has 1 heteroatoms. The van der Waals surface area contributed by atoms with Crippen molar-refractivity contribution in [2.45, 2.75) is 46.1 Å². The number of hydrogen-bond donors (Lipinski definition) is 1. The summed E-state index contributed by atoms with van der Waals surface area (Å²) in [7, 11) is 0. The summed E-state index contributed by atoms with van der Waals surface area (Å²) in [5, 5.41) is 0. The van der Waals surface area contributed by atoms with Crippen molar-refractivity contribution in [2.75, 3.05) is 0 Å². The molecule has 10 heavy (non-hydrogen) atoms. The lowest BCUT2D eigenvalue weighted by Gasteiger charge is -2.48. The molecule has 1 atom stereocenters. The smallest absolute Gasteiger partial charge is 0.00694 e. The summed E-state index contributed by atoms with van der Waals surface area (Å²) in [6, 6.07) is 0.390. The van der Waals surface area contributed by atoms with Crippen molar-refractivity contribution >= 4 is 0 Å². The zero-order valence-electron chi connectivity index (χ0n) is 7.35. The van der Waals surface area contributed by atoms with Crippen LogP contribution in [0.15, 0.2) is 0 Å². The normalized spacial score (nSPS) is 26.1. The highest BCUT2D eigenvalue weighted by atomic mass is 14.7. The lowest BCUT2D eigenvalue weighted by atomic mass is 9.58. The Balaban J connectivity index is 2.59. The summed E-state index contributed by atoms with van der Waals surface area (Å²) in [5.74, 6) is 0.765. The third-order valence-electron chi connectivity index (χ3n) is 3.34. The first-order chi connectivity index (χ1) is 4.59. The maximum atomic E-state index is 5.93. The van der Waals surface area contributed by atoms with Gasteiger partial charge in [-0.3, -0.25) is 0 Å². The van der Waals surface area contributed by atoms with Crippen LogP contribution in [-0.2, 0) is 0 Å². The topological polar surface area (TPSA) is 26.0 Å². The van der Waals surface area contributed by atoms with E-state index in [-0.39, 0.29) is 0 Å². The van der Waals surface area contributed by atoms with E-state index >= 15 is 0 Å². The molecule has 1 saturated carbocycles. The zero-order valence-corrected chi connectivity index (χ0v) is 7.35. The molecule has 60 valence electrons. The molecule has 0 amide bonds. The molecule has 2 N–H and O–H groups in total. The highest BCUT2D eigenvalue weighted by Gasteiger charge is 2.42. The molecule has 1 rings (SSSR count). The zero-order chi connectivity index (χ0) is 7.78. The molecule has 0 aromatic rings. The van der Waals surface area contributed by atoms with Crippen LogP contribution in [0.25, 0.3) is 0 Å². The molecule has 1 unspecified atom stereocenters. The van der Waals surface area contributed by atoms with E-state index in [0.717, 1.165) is 5.92 Å². The van der Waals surface area contributed by atoms with E-state index < -0.39 is 0 Å². The van der Waals surface area contributed by atoms with Gasteiger partial charge in [0.25, 0.3) is 0 Å². The second-order valence-electron chi connectivity index (χ2n) is 4.03. The van der Waals surface area contributed by atoms with Crippen LogP contribution in [0.3, 0.4) is 0 Å². The van der Waals surface area contributed by atoms with Gasteiger partial charge in [0.1, 0.15) is 0 Å². The second-order valence-corrected chi connectivity index (χ2v) is 4.03. The Labute approximate surface area is 64.0 Å². The average molecular weight is 141 g/mol. The molecule has 1 nitrogen and oxygen atoms in total. The fraction of sp³-hybridized carbons (Fsp3) is 1.00. The molecule has 0 bridgehead atoms. The third kappa shape index (κ3) is 0.968. The summed E-state index contributed by atoms with van der Waals surface area (Å²) >= 11 is 0. The van der Waals surface area contributed by atoms with Crippen LogP contribution in [0.1, 0.15) is 40.0 Å². The van der Waals surface area contributed by atoms with E-state index in [2.05, 4.69) is 20.8 Å². The van der Waals surface area contributed by atoms with E-state index in [1.54, 1.807) is 0 Å². The van der Waals surface area contributed by atoms with Gasteiger partial charge in [0, 0.05) is 6.04 Å². The van der Waals surface area contributed by atoms with Gasteiger partial charge in [0.05, 0.1) is 0 Å². The Hall–Kier alpha value is -0.0400. The number of nitrogens with two attached hydrogens (primary N) is 1. The van der Waals surface area contributed by atoms with Gasteiger partial charge in [-0.25, -0.2) is 0 Å². The molecule has 0 aromatic heterocycles. The maximum Gasteiger partial charge on any atom is 0.00694 e. The predicted octanol–water partition coefficient (Wildman–Crippen LogP) is 2.16. The highest BCUT2D eigenvalue weighted by Crippen LogP contribution is 2.48. The first kappa shape index (κ1) is 8.06. The SMILES string of the molecule is CC(C)C1(C(C)N)CCC1. The van der Waals surface area contributed by atoms with Gasteiger partial charge in [-0.15, -0.1) is 0 Å². The van der Waals surface area contributed by atoms with Crippen molar-refractivity contribution in [3.63, 3.8) is 0 Å². The Morgan fingerprint density at radius 2 is 1.70 bits per heavy atom. The average Bonchev–Trinajstić information content (AvgIpc) is 1.57. The van der Waals surface area contributed by atoms with Crippen molar-refractivity contribution in [1.82, 2.24) is 0 Å². The largest absolute Gasteiger partial charge is 0.327 e. The Morgan fingerprint density at radius 3 is 1.70 bits per heavy atom. The Bertz CT molecular complexity index is 102. The molecule has 0 aliphatic heterocycles. The van der Waals surface area contributed by atoms with Gasteiger partial charge in [-0.1, -0.05) is 20.3 Å². The fourth-order valence-electron chi connectivity index (χ4n) is 2.14. The van der Waals surface area contributed by atoms with E-state index in [1.165, 1.54) is 19.3 Å². The molecule has 0 heterocycles. The van der Waals surface area contributed by atoms with Crippen LogP contribution in [0.4, 0.5) is 0 Å². The van der Waals surface area contributed by atoms with E-state index in [4.69, 9.17) is 5.73 Å². The Kier molecular flexibility index (Phi) is 2.04. The Morgan fingerprint density at radius 1 is 1.20 bits per heavy atom. The predicted molar refractivity (Wildman–Crippen MR) is 44.8 cm³/mol. The van der Waals surface area contributed by atoms with Gasteiger partial charge in [-0.2, -0.15) is 0 Å². The van der Waals surface area contributed by atoms with Gasteiger partial charge < -0.3 is 5.73 Å². The fourth-order valence-corrected chi connectivity index (χ4v) is 2.14. The van der Waals surface area contributed by atoms with E-state index in [9.17, 15) is 0 Å². The van der Waals surface area contributed by atoms with Crippen LogP contribution >= 0.6 is 0 Å². The minimum atomic E-state index is 0.390. The van der Waals surface area contributed by atoms with Crippen LogP contribution in [-0.4, -0.2) is 6.04 Å². The van der Waals surface area contributed by atoms with Crippen molar-refractivity contribution in [1.29, 1.82) is 0 Å². The van der Waals surface area contributed by atoms with Crippen molar-refractivity contribution in [3.8, 4) is 0 Å². The lowest BCUT2D eigenvalue weighted by molar-refractivity contribution is 0.0429. The van der Waals surface area contributed by atoms with Crippen molar-refractivity contribution in [3.05, 3.63) is 0 Å². The van der Waals surface area contributed by atoms with Gasteiger partial charge in [-0.05, 0) is 31.1 Å². The first-order valence-electron chi connectivity index (χ1n) is 4.35. The minimum absolute atomic E-state index is 0.390. The summed E-state index contributed by atoms with van der Waals surface area (Å²) in [4.78, 5) is 0. The van der Waals surface area contributed by atoms with E-state index in [0.29, 0.717) is 11.5 Å². The third-order valence-corrected chi connectivity index (χ3v) is 3.34. The number of hydrogen-bond acceptors (Lipinski definition) is 1. The summed E-state index contributed by atoms with van der Waals surface area (Å²) < 4.78 is 0. The van der Waals surface area contributed by atoms with Gasteiger partial charge in [0.2, 0.25) is 0 Å². The second kappa shape index (κ2) is 2.54. The maximum absolute atomic E-state index is 5.93. The highest BCUT2D eigenvalue weighted by molar-refractivity contribution is 4.95. The molecular weight excluding hydrogens is 122 g/mol. The molecular formula is C9H19N. The monoisotopic (exact) mass is 141 g/mol. The van der Waals surface area contributed by atoms with Crippen LogP contribution in [0.2, 0.25) is 0 Å². The summed E-state index contributed by atoms with van der Waals surface area (Å²) in [6.45, 7) is 6.74. The van der Waals surface area contributed by atoms with Crippen molar-refractivity contribution in [2.24, 2.45) is 17.1 Å². The summed E-state index contributed by atoms with van der Waals surface area (Å²) in [5.41, 5.74) is 6.43. The van der Waals surface area contributed by atoms with Crippen LogP contribution in [0, 0.1) is 11.3 Å². The van der Waals surface area contributed by atoms with Gasteiger partial charge in [0.15, 0.2) is 0 Å².